The predicted octanol–water partition coefficient (Wildman–Crippen LogP) is 3.14. The molecule has 0 unspecified atom stereocenters. The summed E-state index contributed by atoms with van der Waals surface area (Å²) in [6, 6.07) is 7.20. The highest BCUT2D eigenvalue weighted by Gasteiger charge is 2.17. The van der Waals surface area contributed by atoms with Gasteiger partial charge in [0.1, 0.15) is 16.4 Å². The maximum Gasteiger partial charge on any atom is 0.269 e. The van der Waals surface area contributed by atoms with Crippen LogP contribution in [0.5, 0.6) is 5.75 Å². The third kappa shape index (κ3) is 2.68. The molecule has 1 amide bonds. The van der Waals surface area contributed by atoms with Crippen LogP contribution >= 0.6 is 23.6 Å². The van der Waals surface area contributed by atoms with Crippen LogP contribution in [0.15, 0.2) is 24.3 Å². The normalized spacial score (nSPS) is 10.3. The van der Waals surface area contributed by atoms with E-state index in [0.29, 0.717) is 32.6 Å². The fraction of sp³-hybridized carbons (Fsp3) is 0.231. The lowest BCUT2D eigenvalue weighted by Crippen LogP contribution is -2.14. The standard InChI is InChI=1S/C13H15N3O2S2/c1-3-16-11(14)10(20-13(16)19)12(17)15-8-6-4-5-7-9(8)18-2/h4-7H,3,14H2,1-2H3,(H,15,17). The van der Waals surface area contributed by atoms with Gasteiger partial charge in [-0.15, -0.1) is 0 Å². The maximum atomic E-state index is 12.3. The second-order valence-corrected chi connectivity index (χ2v) is 5.63. The van der Waals surface area contributed by atoms with E-state index in [1.807, 2.05) is 19.1 Å². The molecule has 2 aromatic rings. The summed E-state index contributed by atoms with van der Waals surface area (Å²) in [6.45, 7) is 2.57. The van der Waals surface area contributed by atoms with Crippen molar-refractivity contribution in [2.45, 2.75) is 13.5 Å². The number of nitrogens with zero attached hydrogens (tertiary/aromatic N) is 1. The molecule has 0 aliphatic carbocycles. The highest BCUT2D eigenvalue weighted by atomic mass is 32.1. The fourth-order valence-corrected chi connectivity index (χ4v) is 3.15. The summed E-state index contributed by atoms with van der Waals surface area (Å²) in [5, 5.41) is 2.79. The number of anilines is 2. The Balaban J connectivity index is 2.31. The van der Waals surface area contributed by atoms with Crippen molar-refractivity contribution in [3.63, 3.8) is 0 Å². The van der Waals surface area contributed by atoms with Crippen LogP contribution in [0.3, 0.4) is 0 Å². The van der Waals surface area contributed by atoms with Gasteiger partial charge in [0.15, 0.2) is 3.95 Å². The first-order valence-electron chi connectivity index (χ1n) is 6.02. The van der Waals surface area contributed by atoms with Crippen molar-refractivity contribution >= 4 is 41.0 Å². The monoisotopic (exact) mass is 309 g/mol. The molecule has 1 aromatic heterocycles. The van der Waals surface area contributed by atoms with Gasteiger partial charge in [-0.3, -0.25) is 4.79 Å². The number of nitrogens with two attached hydrogens (primary N) is 1. The average molecular weight is 309 g/mol. The zero-order valence-electron chi connectivity index (χ0n) is 11.2. The van der Waals surface area contributed by atoms with Crippen LogP contribution in [0.1, 0.15) is 16.6 Å². The minimum Gasteiger partial charge on any atom is -0.495 e. The van der Waals surface area contributed by atoms with Crippen LogP contribution in [0.4, 0.5) is 11.5 Å². The van der Waals surface area contributed by atoms with Gasteiger partial charge in [0.25, 0.3) is 5.91 Å². The second-order valence-electron chi connectivity index (χ2n) is 3.98. The van der Waals surface area contributed by atoms with Crippen LogP contribution < -0.4 is 15.8 Å². The Labute approximate surface area is 126 Å². The number of para-hydroxylation sites is 2. The van der Waals surface area contributed by atoms with Gasteiger partial charge >= 0.3 is 0 Å². The van der Waals surface area contributed by atoms with E-state index in [1.165, 1.54) is 11.3 Å². The Hall–Kier alpha value is -1.86. The Bertz CT molecular complexity index is 691. The summed E-state index contributed by atoms with van der Waals surface area (Å²) < 4.78 is 7.52. The molecule has 0 fully saturated rings. The largest absolute Gasteiger partial charge is 0.495 e. The summed E-state index contributed by atoms with van der Waals surface area (Å²) in [5.41, 5.74) is 6.55. The van der Waals surface area contributed by atoms with Crippen LogP contribution in [0.25, 0.3) is 0 Å². The minimum absolute atomic E-state index is 0.282. The fourth-order valence-electron chi connectivity index (χ4n) is 1.80. The number of rotatable bonds is 4. The lowest BCUT2D eigenvalue weighted by Gasteiger charge is -2.09. The van der Waals surface area contributed by atoms with Crippen molar-refractivity contribution in [2.24, 2.45) is 0 Å². The quantitative estimate of drug-likeness (QED) is 0.851. The third-order valence-corrected chi connectivity index (χ3v) is 4.27. The van der Waals surface area contributed by atoms with Gasteiger partial charge in [0.05, 0.1) is 12.8 Å². The summed E-state index contributed by atoms with van der Waals surface area (Å²) in [7, 11) is 1.55. The van der Waals surface area contributed by atoms with Crippen molar-refractivity contribution in [1.82, 2.24) is 4.57 Å². The van der Waals surface area contributed by atoms with Crippen molar-refractivity contribution < 1.29 is 9.53 Å². The number of benzene rings is 1. The minimum atomic E-state index is -0.282. The molecule has 0 spiro atoms. The van der Waals surface area contributed by atoms with Gasteiger partial charge in [0.2, 0.25) is 0 Å². The highest BCUT2D eigenvalue weighted by molar-refractivity contribution is 7.73. The highest BCUT2D eigenvalue weighted by Crippen LogP contribution is 2.27. The summed E-state index contributed by atoms with van der Waals surface area (Å²) >= 11 is 6.40. The number of carbonyl (C=O) groups is 1. The maximum absolute atomic E-state index is 12.3. The molecule has 0 radical (unpaired) electrons. The Kier molecular flexibility index (Phi) is 4.41. The molecule has 1 heterocycles. The van der Waals surface area contributed by atoms with Crippen molar-refractivity contribution in [3.05, 3.63) is 33.1 Å². The van der Waals surface area contributed by atoms with E-state index in [-0.39, 0.29) is 5.91 Å². The van der Waals surface area contributed by atoms with Gasteiger partial charge in [0, 0.05) is 6.54 Å². The van der Waals surface area contributed by atoms with Crippen molar-refractivity contribution in [1.29, 1.82) is 0 Å². The summed E-state index contributed by atoms with van der Waals surface area (Å²) in [6.07, 6.45) is 0. The Morgan fingerprint density at radius 3 is 2.80 bits per heavy atom. The molecule has 5 nitrogen and oxygen atoms in total. The average Bonchev–Trinajstić information content (AvgIpc) is 2.74. The van der Waals surface area contributed by atoms with Gasteiger partial charge in [-0.25, -0.2) is 0 Å². The molecular formula is C13H15N3O2S2. The number of carbonyl (C=O) groups excluding carboxylic acids is 1. The van der Waals surface area contributed by atoms with Crippen molar-refractivity contribution in [2.75, 3.05) is 18.2 Å². The molecule has 0 aliphatic heterocycles. The molecule has 0 aliphatic rings. The molecule has 20 heavy (non-hydrogen) atoms. The van der Waals surface area contributed by atoms with E-state index < -0.39 is 0 Å². The molecule has 1 aromatic carbocycles. The number of ether oxygens (including phenoxy) is 1. The summed E-state index contributed by atoms with van der Waals surface area (Å²) in [5.74, 6) is 0.711. The molecule has 2 rings (SSSR count). The number of aromatic nitrogens is 1. The van der Waals surface area contributed by atoms with Crippen LogP contribution in [-0.2, 0) is 6.54 Å². The van der Waals surface area contributed by atoms with E-state index in [0.717, 1.165) is 0 Å². The Morgan fingerprint density at radius 1 is 1.50 bits per heavy atom. The van der Waals surface area contributed by atoms with E-state index in [4.69, 9.17) is 22.7 Å². The predicted molar refractivity (Wildman–Crippen MR) is 84.2 cm³/mol. The van der Waals surface area contributed by atoms with Crippen LogP contribution in [0.2, 0.25) is 0 Å². The lowest BCUT2D eigenvalue weighted by atomic mass is 10.3. The van der Waals surface area contributed by atoms with Gasteiger partial charge in [-0.1, -0.05) is 23.5 Å². The van der Waals surface area contributed by atoms with Gasteiger partial charge < -0.3 is 20.4 Å². The number of thiazole rings is 1. The molecule has 106 valence electrons. The van der Waals surface area contributed by atoms with Gasteiger partial charge in [-0.05, 0) is 31.3 Å². The number of hydrogen-bond acceptors (Lipinski definition) is 5. The van der Waals surface area contributed by atoms with Crippen LogP contribution in [-0.4, -0.2) is 17.6 Å². The first kappa shape index (κ1) is 14.5. The first-order valence-corrected chi connectivity index (χ1v) is 7.24. The second kappa shape index (κ2) is 6.06. The smallest absolute Gasteiger partial charge is 0.269 e. The number of nitrogens with one attached hydrogen (secondary N) is 1. The van der Waals surface area contributed by atoms with E-state index in [9.17, 15) is 4.79 Å². The molecule has 3 N–H and O–H groups in total. The molecule has 7 heteroatoms. The molecule has 0 saturated heterocycles. The third-order valence-electron chi connectivity index (χ3n) is 2.81. The van der Waals surface area contributed by atoms with Crippen molar-refractivity contribution in [3.8, 4) is 5.75 Å². The van der Waals surface area contributed by atoms with E-state index >= 15 is 0 Å². The van der Waals surface area contributed by atoms with E-state index in [1.54, 1.807) is 23.8 Å². The topological polar surface area (TPSA) is 69.3 Å². The first-order chi connectivity index (χ1) is 9.58. The van der Waals surface area contributed by atoms with Gasteiger partial charge in [-0.2, -0.15) is 0 Å². The number of hydrogen-bond donors (Lipinski definition) is 2. The molecule has 0 saturated carbocycles. The van der Waals surface area contributed by atoms with E-state index in [2.05, 4.69) is 5.32 Å². The Morgan fingerprint density at radius 2 is 2.20 bits per heavy atom. The SMILES string of the molecule is CCn1c(N)c(C(=O)Nc2ccccc2OC)sc1=S. The summed E-state index contributed by atoms with van der Waals surface area (Å²) in [4.78, 5) is 12.7. The molecule has 0 bridgehead atoms. The number of nitrogen functional groups attached to an aromatic ring is 1. The van der Waals surface area contributed by atoms with Crippen LogP contribution in [0, 0.1) is 3.95 Å². The molecular weight excluding hydrogens is 294 g/mol. The zero-order valence-corrected chi connectivity index (χ0v) is 12.8. The number of methoxy groups -OCH3 is 1. The molecule has 0 atom stereocenters. The lowest BCUT2D eigenvalue weighted by molar-refractivity contribution is 0.103. The number of amides is 1. The zero-order chi connectivity index (χ0) is 14.7.